The SMILES string of the molecule is Cc1ccc(Cc2cccc3c2CCN(CC(C)(C)F)C3)cc1-c1ccc(C#N)cn1. The molecule has 3 aromatic rings. The van der Waals surface area contributed by atoms with Crippen molar-refractivity contribution in [2.45, 2.75) is 45.8 Å². The van der Waals surface area contributed by atoms with Crippen molar-refractivity contribution in [3.8, 4) is 17.3 Å². The number of benzene rings is 2. The molecule has 0 amide bonds. The van der Waals surface area contributed by atoms with Crippen molar-refractivity contribution in [3.63, 3.8) is 0 Å². The Labute approximate surface area is 184 Å². The summed E-state index contributed by atoms with van der Waals surface area (Å²) in [4.78, 5) is 6.69. The van der Waals surface area contributed by atoms with Crippen molar-refractivity contribution in [2.75, 3.05) is 13.1 Å². The van der Waals surface area contributed by atoms with E-state index in [0.29, 0.717) is 12.1 Å². The van der Waals surface area contributed by atoms with Crippen molar-refractivity contribution in [1.82, 2.24) is 9.88 Å². The Morgan fingerprint density at radius 2 is 2.00 bits per heavy atom. The van der Waals surface area contributed by atoms with Crippen LogP contribution in [-0.4, -0.2) is 28.6 Å². The topological polar surface area (TPSA) is 39.9 Å². The van der Waals surface area contributed by atoms with E-state index in [2.05, 4.69) is 59.3 Å². The second kappa shape index (κ2) is 8.61. The maximum atomic E-state index is 14.1. The number of hydrogen-bond acceptors (Lipinski definition) is 3. The summed E-state index contributed by atoms with van der Waals surface area (Å²) in [5.74, 6) is 0. The number of halogens is 1. The van der Waals surface area contributed by atoms with Crippen molar-refractivity contribution in [3.05, 3.63) is 88.1 Å². The molecule has 0 fully saturated rings. The molecule has 0 unspecified atom stereocenters. The molecule has 0 saturated heterocycles. The van der Waals surface area contributed by atoms with Crippen LogP contribution in [0.25, 0.3) is 11.3 Å². The van der Waals surface area contributed by atoms with Crippen LogP contribution in [0.15, 0.2) is 54.7 Å². The van der Waals surface area contributed by atoms with E-state index in [-0.39, 0.29) is 0 Å². The molecule has 0 spiro atoms. The van der Waals surface area contributed by atoms with Gasteiger partial charge in [0, 0.05) is 31.4 Å². The summed E-state index contributed by atoms with van der Waals surface area (Å²) in [6.45, 7) is 7.56. The lowest BCUT2D eigenvalue weighted by Gasteiger charge is -2.33. The van der Waals surface area contributed by atoms with Gasteiger partial charge in [-0.25, -0.2) is 4.39 Å². The van der Waals surface area contributed by atoms with E-state index in [0.717, 1.165) is 37.2 Å². The average Bonchev–Trinajstić information content (AvgIpc) is 2.74. The summed E-state index contributed by atoms with van der Waals surface area (Å²) in [6, 6.07) is 18.9. The molecule has 0 bridgehead atoms. The van der Waals surface area contributed by atoms with Gasteiger partial charge in [0.2, 0.25) is 0 Å². The quantitative estimate of drug-likeness (QED) is 0.545. The fourth-order valence-corrected chi connectivity index (χ4v) is 4.47. The molecule has 1 aromatic heterocycles. The van der Waals surface area contributed by atoms with Crippen molar-refractivity contribution >= 4 is 0 Å². The summed E-state index contributed by atoms with van der Waals surface area (Å²) in [5, 5.41) is 9.02. The van der Waals surface area contributed by atoms with Crippen LogP contribution < -0.4 is 0 Å². The van der Waals surface area contributed by atoms with E-state index in [1.165, 1.54) is 27.8 Å². The molecule has 3 nitrogen and oxygen atoms in total. The van der Waals surface area contributed by atoms with Crippen molar-refractivity contribution in [2.24, 2.45) is 0 Å². The molecule has 4 heteroatoms. The number of fused-ring (bicyclic) bond motifs is 1. The normalized spacial score (nSPS) is 14.2. The Hall–Kier alpha value is -3.03. The number of alkyl halides is 1. The molecule has 4 rings (SSSR count). The van der Waals surface area contributed by atoms with Gasteiger partial charge in [0.1, 0.15) is 11.7 Å². The molecule has 0 atom stereocenters. The number of rotatable bonds is 5. The van der Waals surface area contributed by atoms with Gasteiger partial charge >= 0.3 is 0 Å². The van der Waals surface area contributed by atoms with Crippen LogP contribution >= 0.6 is 0 Å². The lowest BCUT2D eigenvalue weighted by Crippen LogP contribution is -2.39. The van der Waals surface area contributed by atoms with Crippen LogP contribution in [0.3, 0.4) is 0 Å². The van der Waals surface area contributed by atoms with Crippen molar-refractivity contribution in [1.29, 1.82) is 5.26 Å². The van der Waals surface area contributed by atoms with Gasteiger partial charge < -0.3 is 0 Å². The van der Waals surface area contributed by atoms with E-state index >= 15 is 0 Å². The minimum absolute atomic E-state index is 0.468. The molecular formula is C27H28FN3. The molecule has 31 heavy (non-hydrogen) atoms. The third-order valence-corrected chi connectivity index (χ3v) is 5.91. The molecule has 2 heterocycles. The number of pyridine rings is 1. The van der Waals surface area contributed by atoms with Gasteiger partial charge in [-0.1, -0.05) is 30.3 Å². The summed E-state index contributed by atoms with van der Waals surface area (Å²) in [7, 11) is 0. The minimum atomic E-state index is -1.17. The van der Waals surface area contributed by atoms with Gasteiger partial charge in [0.05, 0.1) is 11.3 Å². The summed E-state index contributed by atoms with van der Waals surface area (Å²) >= 11 is 0. The zero-order valence-corrected chi connectivity index (χ0v) is 18.5. The Bertz CT molecular complexity index is 1120. The summed E-state index contributed by atoms with van der Waals surface area (Å²) in [6.07, 6.45) is 3.44. The first kappa shape index (κ1) is 21.2. The zero-order chi connectivity index (χ0) is 22.0. The minimum Gasteiger partial charge on any atom is -0.296 e. The van der Waals surface area contributed by atoms with E-state index in [9.17, 15) is 4.39 Å². The first-order valence-corrected chi connectivity index (χ1v) is 10.8. The summed E-state index contributed by atoms with van der Waals surface area (Å²) in [5.41, 5.74) is 7.86. The third kappa shape index (κ3) is 5.00. The maximum Gasteiger partial charge on any atom is 0.118 e. The lowest BCUT2D eigenvalue weighted by molar-refractivity contribution is 0.116. The second-order valence-electron chi connectivity index (χ2n) is 9.10. The average molecular weight is 414 g/mol. The first-order valence-electron chi connectivity index (χ1n) is 10.8. The second-order valence-corrected chi connectivity index (χ2v) is 9.10. The molecule has 1 aliphatic rings. The van der Waals surface area contributed by atoms with Crippen molar-refractivity contribution < 1.29 is 4.39 Å². The molecule has 1 aliphatic heterocycles. The fraction of sp³-hybridized carbons (Fsp3) is 0.333. The maximum absolute atomic E-state index is 14.1. The Balaban J connectivity index is 1.58. The number of hydrogen-bond donors (Lipinski definition) is 0. The highest BCUT2D eigenvalue weighted by atomic mass is 19.1. The Morgan fingerprint density at radius 3 is 2.71 bits per heavy atom. The van der Waals surface area contributed by atoms with Gasteiger partial charge in [-0.05, 0) is 79.6 Å². The monoisotopic (exact) mass is 413 g/mol. The van der Waals surface area contributed by atoms with Gasteiger partial charge in [0.25, 0.3) is 0 Å². The molecule has 0 saturated carbocycles. The zero-order valence-electron chi connectivity index (χ0n) is 18.5. The van der Waals surface area contributed by atoms with E-state index in [4.69, 9.17) is 5.26 Å². The third-order valence-electron chi connectivity index (χ3n) is 5.91. The smallest absolute Gasteiger partial charge is 0.118 e. The standard InChI is InChI=1S/C27H28FN3/c1-19-7-8-20(14-25(19)26-10-9-21(15-29)16-30-26)13-22-5-4-6-23-17-31(12-11-24(22)23)18-27(2,3)28/h4-10,14,16H,11-13,17-18H2,1-3H3. The van der Waals surface area contributed by atoms with Gasteiger partial charge in [-0.15, -0.1) is 0 Å². The summed E-state index contributed by atoms with van der Waals surface area (Å²) < 4.78 is 14.1. The number of nitrogens with zero attached hydrogens (tertiary/aromatic N) is 3. The molecular weight excluding hydrogens is 385 g/mol. The number of aryl methyl sites for hydroxylation is 1. The molecule has 0 N–H and O–H groups in total. The predicted molar refractivity (Wildman–Crippen MR) is 123 cm³/mol. The van der Waals surface area contributed by atoms with E-state index in [1.54, 1.807) is 20.0 Å². The van der Waals surface area contributed by atoms with E-state index < -0.39 is 5.67 Å². The Morgan fingerprint density at radius 1 is 1.16 bits per heavy atom. The van der Waals surface area contributed by atoms with Crippen LogP contribution in [0.5, 0.6) is 0 Å². The lowest BCUT2D eigenvalue weighted by atomic mass is 9.90. The van der Waals surface area contributed by atoms with Gasteiger partial charge in [-0.3, -0.25) is 9.88 Å². The van der Waals surface area contributed by atoms with E-state index in [1.807, 2.05) is 12.1 Å². The van der Waals surface area contributed by atoms with Crippen LogP contribution in [0.2, 0.25) is 0 Å². The largest absolute Gasteiger partial charge is 0.296 e. The highest BCUT2D eigenvalue weighted by molar-refractivity contribution is 5.65. The van der Waals surface area contributed by atoms with Crippen LogP contribution in [0.1, 0.15) is 47.2 Å². The first-order chi connectivity index (χ1) is 14.8. The van der Waals surface area contributed by atoms with Crippen LogP contribution in [0, 0.1) is 18.3 Å². The molecule has 2 aromatic carbocycles. The van der Waals surface area contributed by atoms with Crippen LogP contribution in [0.4, 0.5) is 4.39 Å². The van der Waals surface area contributed by atoms with Gasteiger partial charge in [0.15, 0.2) is 0 Å². The highest BCUT2D eigenvalue weighted by Crippen LogP contribution is 2.28. The fourth-order valence-electron chi connectivity index (χ4n) is 4.47. The van der Waals surface area contributed by atoms with Gasteiger partial charge in [-0.2, -0.15) is 5.26 Å². The molecule has 158 valence electrons. The van der Waals surface area contributed by atoms with Crippen LogP contribution in [-0.2, 0) is 19.4 Å². The number of nitriles is 1. The number of aromatic nitrogens is 1. The highest BCUT2D eigenvalue weighted by Gasteiger charge is 2.25. The predicted octanol–water partition coefficient (Wildman–Crippen LogP) is 5.63. The Kier molecular flexibility index (Phi) is 5.89. The molecule has 0 aliphatic carbocycles. The molecule has 0 radical (unpaired) electrons.